The lowest BCUT2D eigenvalue weighted by Gasteiger charge is -2.24. The standard InChI is InChI=1S/C17H18ClFN2O/c1-12(17(22)20-16-6-4-3-5-15(16)19)21(2)11-13-7-9-14(18)10-8-13/h3-10,12H,11H2,1-2H3,(H,20,22). The van der Waals surface area contributed by atoms with Crippen molar-refractivity contribution in [1.82, 2.24) is 4.90 Å². The lowest BCUT2D eigenvalue weighted by molar-refractivity contribution is -0.120. The van der Waals surface area contributed by atoms with E-state index >= 15 is 0 Å². The summed E-state index contributed by atoms with van der Waals surface area (Å²) >= 11 is 5.85. The minimum absolute atomic E-state index is 0.194. The van der Waals surface area contributed by atoms with E-state index in [4.69, 9.17) is 11.6 Å². The molecule has 2 rings (SSSR count). The first-order valence-electron chi connectivity index (χ1n) is 6.97. The number of carbonyl (C=O) groups excluding carboxylic acids is 1. The zero-order valence-corrected chi connectivity index (χ0v) is 13.3. The van der Waals surface area contributed by atoms with Crippen molar-refractivity contribution in [2.75, 3.05) is 12.4 Å². The molecule has 0 spiro atoms. The van der Waals surface area contributed by atoms with Crippen LogP contribution in [0.1, 0.15) is 12.5 Å². The van der Waals surface area contributed by atoms with Gasteiger partial charge in [-0.3, -0.25) is 9.69 Å². The van der Waals surface area contributed by atoms with Crippen molar-refractivity contribution >= 4 is 23.2 Å². The van der Waals surface area contributed by atoms with Gasteiger partial charge in [0.25, 0.3) is 0 Å². The fourth-order valence-corrected chi connectivity index (χ4v) is 2.14. The fraction of sp³-hybridized carbons (Fsp3) is 0.235. The third-order valence-electron chi connectivity index (χ3n) is 3.52. The molecule has 0 aliphatic carbocycles. The Labute approximate surface area is 134 Å². The Hall–Kier alpha value is -1.91. The number of carbonyl (C=O) groups is 1. The van der Waals surface area contributed by atoms with Gasteiger partial charge in [0, 0.05) is 11.6 Å². The summed E-state index contributed by atoms with van der Waals surface area (Å²) in [5.41, 5.74) is 1.25. The number of halogens is 2. The van der Waals surface area contributed by atoms with Gasteiger partial charge in [-0.2, -0.15) is 0 Å². The van der Waals surface area contributed by atoms with Gasteiger partial charge in [-0.05, 0) is 43.8 Å². The summed E-state index contributed by atoms with van der Waals surface area (Å²) in [6.07, 6.45) is 0. The zero-order valence-electron chi connectivity index (χ0n) is 12.5. The Kier molecular flexibility index (Phi) is 5.52. The van der Waals surface area contributed by atoms with Crippen LogP contribution in [-0.4, -0.2) is 23.9 Å². The largest absolute Gasteiger partial charge is 0.322 e. The van der Waals surface area contributed by atoms with E-state index in [9.17, 15) is 9.18 Å². The van der Waals surface area contributed by atoms with Crippen LogP contribution in [0.2, 0.25) is 5.02 Å². The number of nitrogens with zero attached hydrogens (tertiary/aromatic N) is 1. The smallest absolute Gasteiger partial charge is 0.241 e. The number of para-hydroxylation sites is 1. The van der Waals surface area contributed by atoms with E-state index in [0.717, 1.165) is 5.56 Å². The highest BCUT2D eigenvalue weighted by molar-refractivity contribution is 6.30. The second-order valence-electron chi connectivity index (χ2n) is 5.19. The monoisotopic (exact) mass is 320 g/mol. The van der Waals surface area contributed by atoms with E-state index in [1.165, 1.54) is 6.07 Å². The molecule has 0 fully saturated rings. The molecule has 0 saturated carbocycles. The van der Waals surface area contributed by atoms with Gasteiger partial charge in [0.05, 0.1) is 11.7 Å². The molecule has 1 unspecified atom stereocenters. The predicted octanol–water partition coefficient (Wildman–Crippen LogP) is 3.94. The van der Waals surface area contributed by atoms with Gasteiger partial charge in [-0.15, -0.1) is 0 Å². The fourth-order valence-electron chi connectivity index (χ4n) is 2.01. The molecule has 0 radical (unpaired) electrons. The number of hydrogen-bond donors (Lipinski definition) is 1. The van der Waals surface area contributed by atoms with Crippen molar-refractivity contribution in [2.45, 2.75) is 19.5 Å². The lowest BCUT2D eigenvalue weighted by atomic mass is 10.2. The van der Waals surface area contributed by atoms with Crippen molar-refractivity contribution in [1.29, 1.82) is 0 Å². The van der Waals surface area contributed by atoms with Crippen LogP contribution in [0.5, 0.6) is 0 Å². The summed E-state index contributed by atoms with van der Waals surface area (Å²) in [4.78, 5) is 14.1. The number of likely N-dealkylation sites (N-methyl/N-ethyl adjacent to an activating group) is 1. The molecule has 1 amide bonds. The number of benzene rings is 2. The quantitative estimate of drug-likeness (QED) is 0.905. The van der Waals surface area contributed by atoms with Crippen LogP contribution < -0.4 is 5.32 Å². The van der Waals surface area contributed by atoms with Crippen LogP contribution in [0.3, 0.4) is 0 Å². The highest BCUT2D eigenvalue weighted by atomic mass is 35.5. The molecular formula is C17H18ClFN2O. The Morgan fingerprint density at radius 2 is 1.86 bits per heavy atom. The molecule has 1 N–H and O–H groups in total. The van der Waals surface area contributed by atoms with Crippen LogP contribution in [0.4, 0.5) is 10.1 Å². The third-order valence-corrected chi connectivity index (χ3v) is 3.77. The number of hydrogen-bond acceptors (Lipinski definition) is 2. The van der Waals surface area contributed by atoms with E-state index in [2.05, 4.69) is 5.32 Å². The van der Waals surface area contributed by atoms with Gasteiger partial charge in [0.1, 0.15) is 5.82 Å². The summed E-state index contributed by atoms with van der Waals surface area (Å²) in [5.74, 6) is -0.690. The molecule has 0 bridgehead atoms. The number of nitrogens with one attached hydrogen (secondary N) is 1. The van der Waals surface area contributed by atoms with Gasteiger partial charge in [-0.1, -0.05) is 35.9 Å². The molecule has 2 aromatic carbocycles. The minimum Gasteiger partial charge on any atom is -0.322 e. The maximum absolute atomic E-state index is 13.6. The maximum atomic E-state index is 13.6. The summed E-state index contributed by atoms with van der Waals surface area (Å²) < 4.78 is 13.6. The molecule has 5 heteroatoms. The van der Waals surface area contributed by atoms with E-state index < -0.39 is 11.9 Å². The topological polar surface area (TPSA) is 32.3 Å². The normalized spacial score (nSPS) is 12.2. The molecule has 2 aromatic rings. The van der Waals surface area contributed by atoms with E-state index in [1.807, 2.05) is 36.2 Å². The Morgan fingerprint density at radius 1 is 1.23 bits per heavy atom. The van der Waals surface area contributed by atoms with E-state index in [1.54, 1.807) is 25.1 Å². The molecule has 0 saturated heterocycles. The van der Waals surface area contributed by atoms with Crippen LogP contribution in [0, 0.1) is 5.82 Å². The molecule has 3 nitrogen and oxygen atoms in total. The minimum atomic E-state index is -0.441. The number of anilines is 1. The molecular weight excluding hydrogens is 303 g/mol. The molecule has 22 heavy (non-hydrogen) atoms. The summed E-state index contributed by atoms with van der Waals surface area (Å²) in [6, 6.07) is 13.2. The molecule has 0 aromatic heterocycles. The Bertz CT molecular complexity index is 645. The molecule has 0 aliphatic rings. The van der Waals surface area contributed by atoms with Crippen molar-refractivity contribution in [2.24, 2.45) is 0 Å². The summed E-state index contributed by atoms with van der Waals surface area (Å²) in [5, 5.41) is 3.29. The van der Waals surface area contributed by atoms with E-state index in [0.29, 0.717) is 11.6 Å². The highest BCUT2D eigenvalue weighted by Gasteiger charge is 2.19. The predicted molar refractivity (Wildman–Crippen MR) is 87.4 cm³/mol. The molecule has 116 valence electrons. The molecule has 0 aliphatic heterocycles. The van der Waals surface area contributed by atoms with Crippen molar-refractivity contribution in [3.05, 3.63) is 64.9 Å². The first-order valence-corrected chi connectivity index (χ1v) is 7.35. The van der Waals surface area contributed by atoms with Crippen molar-refractivity contribution in [3.63, 3.8) is 0 Å². The first-order chi connectivity index (χ1) is 10.5. The zero-order chi connectivity index (χ0) is 16.1. The first kappa shape index (κ1) is 16.5. The van der Waals surface area contributed by atoms with Crippen molar-refractivity contribution < 1.29 is 9.18 Å². The molecule has 0 heterocycles. The maximum Gasteiger partial charge on any atom is 0.241 e. The molecule has 1 atom stereocenters. The average Bonchev–Trinajstić information content (AvgIpc) is 2.51. The highest BCUT2D eigenvalue weighted by Crippen LogP contribution is 2.15. The SMILES string of the molecule is CC(C(=O)Nc1ccccc1F)N(C)Cc1ccc(Cl)cc1. The van der Waals surface area contributed by atoms with Crippen molar-refractivity contribution in [3.8, 4) is 0 Å². The Balaban J connectivity index is 1.97. The number of rotatable bonds is 5. The van der Waals surface area contributed by atoms with Gasteiger partial charge >= 0.3 is 0 Å². The van der Waals surface area contributed by atoms with Gasteiger partial charge in [0.15, 0.2) is 0 Å². The third kappa shape index (κ3) is 4.29. The Morgan fingerprint density at radius 3 is 2.50 bits per heavy atom. The van der Waals surface area contributed by atoms with Gasteiger partial charge < -0.3 is 5.32 Å². The van der Waals surface area contributed by atoms with Gasteiger partial charge in [-0.25, -0.2) is 4.39 Å². The number of amides is 1. The van der Waals surface area contributed by atoms with Crippen LogP contribution in [-0.2, 0) is 11.3 Å². The summed E-state index contributed by atoms with van der Waals surface area (Å²) in [6.45, 7) is 2.38. The second kappa shape index (κ2) is 7.38. The van der Waals surface area contributed by atoms with E-state index in [-0.39, 0.29) is 11.6 Å². The van der Waals surface area contributed by atoms with Crippen LogP contribution >= 0.6 is 11.6 Å². The van der Waals surface area contributed by atoms with Crippen LogP contribution in [0.25, 0.3) is 0 Å². The van der Waals surface area contributed by atoms with Gasteiger partial charge in [0.2, 0.25) is 5.91 Å². The average molecular weight is 321 g/mol. The van der Waals surface area contributed by atoms with Crippen LogP contribution in [0.15, 0.2) is 48.5 Å². The lowest BCUT2D eigenvalue weighted by Crippen LogP contribution is -2.39. The summed E-state index contributed by atoms with van der Waals surface area (Å²) in [7, 11) is 1.85. The second-order valence-corrected chi connectivity index (χ2v) is 5.62.